The van der Waals surface area contributed by atoms with Gasteiger partial charge in [-0.05, 0) is 5.56 Å². The molecule has 0 amide bonds. The Morgan fingerprint density at radius 3 is 2.36 bits per heavy atom. The van der Waals surface area contributed by atoms with Crippen LogP contribution in [-0.4, -0.2) is 67.2 Å². The highest BCUT2D eigenvalue weighted by Gasteiger charge is 2.38. The number of carbonyl (C=O) groups excluding carboxylic acids is 1. The number of benzene rings is 1. The molecule has 2 fully saturated rings. The third-order valence-electron chi connectivity index (χ3n) is 4.50. The molecule has 25 heavy (non-hydrogen) atoms. The molecule has 0 bridgehead atoms. The molecule has 0 unspecified atom stereocenters. The van der Waals surface area contributed by atoms with E-state index in [0.29, 0.717) is 6.04 Å². The van der Waals surface area contributed by atoms with Crippen LogP contribution in [0.4, 0.5) is 0 Å². The molecule has 0 aliphatic carbocycles. The summed E-state index contributed by atoms with van der Waals surface area (Å²) in [6.45, 7) is 8.30. The van der Waals surface area contributed by atoms with Crippen molar-refractivity contribution in [2.45, 2.75) is 25.6 Å². The van der Waals surface area contributed by atoms with Crippen molar-refractivity contribution in [2.24, 2.45) is 0 Å². The SMILES string of the molecule is CC(=O)O[C@@H]1CN(Cc2ccccc2)C[C@H]1N1CCNCC1.Cl.Cl.Cl. The van der Waals surface area contributed by atoms with Crippen molar-refractivity contribution in [3.63, 3.8) is 0 Å². The van der Waals surface area contributed by atoms with E-state index in [0.717, 1.165) is 45.8 Å². The first-order valence-electron chi connectivity index (χ1n) is 8.10. The van der Waals surface area contributed by atoms with E-state index in [-0.39, 0.29) is 49.3 Å². The number of carbonyl (C=O) groups is 1. The number of nitrogens with zero attached hydrogens (tertiary/aromatic N) is 2. The lowest BCUT2D eigenvalue weighted by Crippen LogP contribution is -2.53. The molecule has 0 saturated carbocycles. The second-order valence-corrected chi connectivity index (χ2v) is 6.18. The molecule has 1 aromatic rings. The van der Waals surface area contributed by atoms with Crippen molar-refractivity contribution in [3.8, 4) is 0 Å². The molecule has 3 rings (SSSR count). The van der Waals surface area contributed by atoms with Crippen LogP contribution in [0.1, 0.15) is 12.5 Å². The van der Waals surface area contributed by atoms with E-state index in [2.05, 4.69) is 39.4 Å². The number of rotatable bonds is 4. The van der Waals surface area contributed by atoms with Gasteiger partial charge in [0.2, 0.25) is 0 Å². The zero-order chi connectivity index (χ0) is 15.4. The molecule has 2 aliphatic rings. The summed E-state index contributed by atoms with van der Waals surface area (Å²) in [7, 11) is 0. The Kier molecular flexibility index (Phi) is 11.7. The van der Waals surface area contributed by atoms with Gasteiger partial charge < -0.3 is 10.1 Å². The number of hydrogen-bond acceptors (Lipinski definition) is 5. The van der Waals surface area contributed by atoms with Crippen LogP contribution in [0.5, 0.6) is 0 Å². The van der Waals surface area contributed by atoms with Gasteiger partial charge in [-0.25, -0.2) is 0 Å². The van der Waals surface area contributed by atoms with E-state index >= 15 is 0 Å². The summed E-state index contributed by atoms with van der Waals surface area (Å²) in [5.74, 6) is -0.174. The molecule has 1 aromatic carbocycles. The fourth-order valence-electron chi connectivity index (χ4n) is 3.50. The molecule has 0 radical (unpaired) electrons. The first-order valence-corrected chi connectivity index (χ1v) is 8.10. The number of piperazine rings is 1. The van der Waals surface area contributed by atoms with Crippen molar-refractivity contribution >= 4 is 43.2 Å². The number of nitrogens with one attached hydrogen (secondary N) is 1. The molecule has 1 N–H and O–H groups in total. The molecule has 2 saturated heterocycles. The molecule has 2 aliphatic heterocycles. The molecule has 8 heteroatoms. The standard InChI is InChI=1S/C17H25N3O2.3ClH/c1-14(21)22-17-13-19(11-15-5-3-2-4-6-15)12-16(17)20-9-7-18-8-10-20;;;/h2-6,16-18H,7-13H2,1H3;3*1H/t16-,17-;;;/m1.../s1. The maximum atomic E-state index is 11.4. The summed E-state index contributed by atoms with van der Waals surface area (Å²) in [6.07, 6.45) is -0.0145. The van der Waals surface area contributed by atoms with Gasteiger partial charge in [0.15, 0.2) is 0 Å². The average Bonchev–Trinajstić information content (AvgIpc) is 2.91. The summed E-state index contributed by atoms with van der Waals surface area (Å²) >= 11 is 0. The van der Waals surface area contributed by atoms with Gasteiger partial charge in [0, 0.05) is 52.7 Å². The van der Waals surface area contributed by atoms with Crippen LogP contribution in [0.15, 0.2) is 30.3 Å². The molecular weight excluding hydrogens is 385 g/mol. The van der Waals surface area contributed by atoms with Gasteiger partial charge in [0.05, 0.1) is 6.04 Å². The maximum absolute atomic E-state index is 11.4. The van der Waals surface area contributed by atoms with Crippen molar-refractivity contribution in [3.05, 3.63) is 35.9 Å². The highest BCUT2D eigenvalue weighted by Crippen LogP contribution is 2.22. The predicted molar refractivity (Wildman–Crippen MR) is 107 cm³/mol. The van der Waals surface area contributed by atoms with Gasteiger partial charge in [0.1, 0.15) is 6.10 Å². The Morgan fingerprint density at radius 1 is 1.12 bits per heavy atom. The molecule has 144 valence electrons. The van der Waals surface area contributed by atoms with Gasteiger partial charge in [-0.1, -0.05) is 30.3 Å². The Balaban J connectivity index is 0.00000192. The van der Waals surface area contributed by atoms with Crippen molar-refractivity contribution in [1.82, 2.24) is 15.1 Å². The van der Waals surface area contributed by atoms with Gasteiger partial charge >= 0.3 is 5.97 Å². The van der Waals surface area contributed by atoms with Crippen LogP contribution in [0.25, 0.3) is 0 Å². The molecular formula is C17H28Cl3N3O2. The second kappa shape index (κ2) is 11.9. The first kappa shape index (κ1) is 24.4. The van der Waals surface area contributed by atoms with Gasteiger partial charge in [-0.2, -0.15) is 0 Å². The third-order valence-corrected chi connectivity index (χ3v) is 4.50. The van der Waals surface area contributed by atoms with E-state index in [4.69, 9.17) is 4.74 Å². The second-order valence-electron chi connectivity index (χ2n) is 6.18. The average molecular weight is 413 g/mol. The van der Waals surface area contributed by atoms with E-state index in [1.54, 1.807) is 0 Å². The summed E-state index contributed by atoms with van der Waals surface area (Å²) in [4.78, 5) is 16.3. The Labute approximate surface area is 168 Å². The smallest absolute Gasteiger partial charge is 0.303 e. The highest BCUT2D eigenvalue weighted by molar-refractivity contribution is 5.86. The van der Waals surface area contributed by atoms with Crippen molar-refractivity contribution < 1.29 is 9.53 Å². The number of esters is 1. The van der Waals surface area contributed by atoms with E-state index in [1.807, 2.05) is 6.07 Å². The van der Waals surface area contributed by atoms with Gasteiger partial charge in [0.25, 0.3) is 0 Å². The molecule has 0 spiro atoms. The number of hydrogen-bond donors (Lipinski definition) is 1. The molecule has 2 atom stereocenters. The van der Waals surface area contributed by atoms with E-state index < -0.39 is 0 Å². The maximum Gasteiger partial charge on any atom is 0.303 e. The lowest BCUT2D eigenvalue weighted by Gasteiger charge is -2.35. The zero-order valence-electron chi connectivity index (χ0n) is 14.4. The highest BCUT2D eigenvalue weighted by atomic mass is 35.5. The topological polar surface area (TPSA) is 44.8 Å². The molecule has 2 heterocycles. The van der Waals surface area contributed by atoms with Crippen LogP contribution in [0.2, 0.25) is 0 Å². The molecule has 5 nitrogen and oxygen atoms in total. The summed E-state index contributed by atoms with van der Waals surface area (Å²) in [5, 5.41) is 3.38. The third kappa shape index (κ3) is 6.93. The summed E-state index contributed by atoms with van der Waals surface area (Å²) in [5.41, 5.74) is 1.31. The Morgan fingerprint density at radius 2 is 1.76 bits per heavy atom. The quantitative estimate of drug-likeness (QED) is 0.766. The van der Waals surface area contributed by atoms with Crippen LogP contribution < -0.4 is 5.32 Å². The Bertz CT molecular complexity index is 501. The van der Waals surface area contributed by atoms with Crippen LogP contribution in [0, 0.1) is 0 Å². The van der Waals surface area contributed by atoms with Crippen LogP contribution in [-0.2, 0) is 16.1 Å². The fraction of sp³-hybridized carbons (Fsp3) is 0.588. The van der Waals surface area contributed by atoms with Gasteiger partial charge in [-0.3, -0.25) is 14.6 Å². The monoisotopic (exact) mass is 411 g/mol. The van der Waals surface area contributed by atoms with Crippen LogP contribution >= 0.6 is 37.2 Å². The fourth-order valence-corrected chi connectivity index (χ4v) is 3.50. The number of likely N-dealkylation sites (tertiary alicyclic amines) is 1. The van der Waals surface area contributed by atoms with Crippen molar-refractivity contribution in [2.75, 3.05) is 39.3 Å². The van der Waals surface area contributed by atoms with E-state index in [9.17, 15) is 4.79 Å². The zero-order valence-corrected chi connectivity index (χ0v) is 16.9. The van der Waals surface area contributed by atoms with Crippen LogP contribution in [0.3, 0.4) is 0 Å². The molecule has 0 aromatic heterocycles. The summed E-state index contributed by atoms with van der Waals surface area (Å²) in [6, 6.07) is 10.8. The predicted octanol–water partition coefficient (Wildman–Crippen LogP) is 1.97. The van der Waals surface area contributed by atoms with Gasteiger partial charge in [-0.15, -0.1) is 37.2 Å². The lowest BCUT2D eigenvalue weighted by molar-refractivity contribution is -0.148. The number of ether oxygens (including phenoxy) is 1. The minimum Gasteiger partial charge on any atom is -0.459 e. The normalized spacial score (nSPS) is 23.7. The minimum absolute atomic E-state index is 0. The Hall–Kier alpha value is -0.560. The van der Waals surface area contributed by atoms with Crippen molar-refractivity contribution in [1.29, 1.82) is 0 Å². The lowest BCUT2D eigenvalue weighted by atomic mass is 10.1. The summed E-state index contributed by atoms with van der Waals surface area (Å²) < 4.78 is 5.60. The van der Waals surface area contributed by atoms with E-state index in [1.165, 1.54) is 12.5 Å². The minimum atomic E-state index is -0.174. The largest absolute Gasteiger partial charge is 0.459 e. The number of halogens is 3. The first-order chi connectivity index (χ1) is 10.7.